The lowest BCUT2D eigenvalue weighted by Crippen LogP contribution is -2.18. The molecule has 480 valence electrons. The maximum Gasteiger partial charge on any atom is 0.0468 e. The van der Waals surface area contributed by atoms with Gasteiger partial charge in [0.2, 0.25) is 0 Å². The quantitative estimate of drug-likeness (QED) is 0.126. The predicted molar refractivity (Wildman–Crippen MR) is 423 cm³/mol. The summed E-state index contributed by atoms with van der Waals surface area (Å²) in [5.41, 5.74) is 35.7. The van der Waals surface area contributed by atoms with Crippen molar-refractivity contribution in [2.24, 2.45) is 0 Å². The third kappa shape index (κ3) is 8.95. The monoisotopic (exact) mass is 1280 g/mol. The Morgan fingerprint density at radius 3 is 0.980 bits per heavy atom. The molecular weight excluding hydrogens is 1210 g/mol. The van der Waals surface area contributed by atoms with E-state index in [2.05, 4.69) is 375 Å². The first-order chi connectivity index (χ1) is 48.6. The summed E-state index contributed by atoms with van der Waals surface area (Å²) < 4.78 is 0. The number of anilines is 6. The van der Waals surface area contributed by atoms with Gasteiger partial charge < -0.3 is 9.80 Å². The Morgan fingerprint density at radius 1 is 0.250 bits per heavy atom. The van der Waals surface area contributed by atoms with Crippen molar-refractivity contribution in [3.05, 3.63) is 359 Å². The molecule has 0 amide bonds. The van der Waals surface area contributed by atoms with Crippen molar-refractivity contribution in [2.45, 2.75) is 89.4 Å². The smallest absolute Gasteiger partial charge is 0.0468 e. The molecule has 14 aromatic rings. The van der Waals surface area contributed by atoms with E-state index in [1.165, 1.54) is 150 Å². The van der Waals surface area contributed by atoms with E-state index in [1.54, 1.807) is 0 Å². The lowest BCUT2D eigenvalue weighted by molar-refractivity contribution is 0.659. The van der Waals surface area contributed by atoms with Gasteiger partial charge in [0.1, 0.15) is 0 Å². The van der Waals surface area contributed by atoms with Crippen LogP contribution in [0.1, 0.15) is 118 Å². The summed E-state index contributed by atoms with van der Waals surface area (Å²) in [7, 11) is 0. The van der Waals surface area contributed by atoms with Crippen LogP contribution in [0.5, 0.6) is 0 Å². The van der Waals surface area contributed by atoms with Crippen molar-refractivity contribution in [3.63, 3.8) is 0 Å². The summed E-state index contributed by atoms with van der Waals surface area (Å²) >= 11 is 0. The summed E-state index contributed by atoms with van der Waals surface area (Å²) in [5.74, 6) is 0.259. The van der Waals surface area contributed by atoms with Gasteiger partial charge in [0, 0.05) is 61.7 Å². The first-order valence-electron chi connectivity index (χ1n) is 35.8. The third-order valence-electron chi connectivity index (χ3n) is 23.7. The second kappa shape index (κ2) is 22.1. The normalized spacial score (nSPS) is 16.1. The molecule has 19 rings (SSSR count). The molecule has 0 radical (unpaired) electrons. The van der Waals surface area contributed by atoms with Crippen LogP contribution in [-0.2, 0) is 21.7 Å². The minimum absolute atomic E-state index is 0.206. The molecule has 0 aromatic heterocycles. The van der Waals surface area contributed by atoms with E-state index in [1.807, 2.05) is 0 Å². The van der Waals surface area contributed by atoms with Crippen LogP contribution in [0.15, 0.2) is 309 Å². The van der Waals surface area contributed by atoms with E-state index >= 15 is 0 Å². The predicted octanol–water partition coefficient (Wildman–Crippen LogP) is 26.8. The molecule has 5 aliphatic rings. The Morgan fingerprint density at radius 2 is 0.580 bits per heavy atom. The van der Waals surface area contributed by atoms with Gasteiger partial charge in [0.15, 0.2) is 0 Å². The highest BCUT2D eigenvalue weighted by Crippen LogP contribution is 2.58. The highest BCUT2D eigenvalue weighted by Gasteiger charge is 2.41. The van der Waals surface area contributed by atoms with Gasteiger partial charge in [-0.2, -0.15) is 0 Å². The number of nitrogens with zero attached hydrogens (tertiary/aromatic N) is 2. The Balaban J connectivity index is 0.894. The van der Waals surface area contributed by atoms with Crippen LogP contribution in [0.2, 0.25) is 0 Å². The van der Waals surface area contributed by atoms with Gasteiger partial charge in [-0.3, -0.25) is 0 Å². The minimum Gasteiger partial charge on any atom is -0.310 e. The molecule has 14 aromatic carbocycles. The highest BCUT2D eigenvalue weighted by molar-refractivity contribution is 6.23. The van der Waals surface area contributed by atoms with E-state index in [9.17, 15) is 0 Å². The fourth-order valence-electron chi connectivity index (χ4n) is 18.6. The van der Waals surface area contributed by atoms with Crippen LogP contribution < -0.4 is 9.80 Å². The maximum atomic E-state index is 2.56. The molecule has 1 unspecified atom stereocenters. The number of hydrogen-bond donors (Lipinski definition) is 0. The third-order valence-corrected chi connectivity index (χ3v) is 23.7. The van der Waals surface area contributed by atoms with Crippen LogP contribution in [0, 0.1) is 0 Å². The van der Waals surface area contributed by atoms with Gasteiger partial charge in [-0.25, -0.2) is 0 Å². The van der Waals surface area contributed by atoms with Gasteiger partial charge in [-0.05, 0) is 235 Å². The zero-order valence-corrected chi connectivity index (χ0v) is 58.1. The molecule has 0 spiro atoms. The minimum atomic E-state index is -0.206. The Labute approximate surface area is 588 Å². The zero-order valence-electron chi connectivity index (χ0n) is 58.1. The molecule has 0 saturated carbocycles. The Hall–Kier alpha value is -11.3. The van der Waals surface area contributed by atoms with Gasteiger partial charge in [0.25, 0.3) is 0 Å². The first kappa shape index (κ1) is 59.9. The standard InChI is InChI=1S/C98H78N2/c1-95(2)85-37-19-15-33-73(85)77-47-41-69(57-89(77)95)99(70-42-48-78-74-34-16-20-38-86(74)96(3,4)90(78)58-70)67-45-51-81-83(55-67)93(65-31-23-29-63(53-65)61-25-11-9-12-26-61)82-52-46-68(56-84(82)94(81)66-32-24-30-64(54-66)62-27-13-10-14-28-62)100(71-43-49-79-75-35-17-21-39-87(75)97(5,6)91(79)59-71)72-44-50-80-76-36-18-22-40-88(76)98(7,8)92(80)60-72/h9-27,29-60,62H,28H2,1-8H3. The zero-order chi connectivity index (χ0) is 67.6. The molecule has 2 nitrogen and oxygen atoms in total. The first-order valence-corrected chi connectivity index (χ1v) is 35.8. The van der Waals surface area contributed by atoms with Gasteiger partial charge in [0.05, 0.1) is 0 Å². The van der Waals surface area contributed by atoms with E-state index in [-0.39, 0.29) is 27.6 Å². The van der Waals surface area contributed by atoms with Crippen LogP contribution >= 0.6 is 0 Å². The van der Waals surface area contributed by atoms with E-state index in [0.29, 0.717) is 0 Å². The lowest BCUT2D eigenvalue weighted by Gasteiger charge is -2.31. The number of benzene rings is 14. The van der Waals surface area contributed by atoms with Gasteiger partial charge >= 0.3 is 0 Å². The van der Waals surface area contributed by atoms with E-state index in [4.69, 9.17) is 0 Å². The van der Waals surface area contributed by atoms with Crippen molar-refractivity contribution in [3.8, 4) is 77.9 Å². The number of hydrogen-bond acceptors (Lipinski definition) is 2. The fraction of sp³-hybridized carbons (Fsp3) is 0.143. The van der Waals surface area contributed by atoms with Crippen molar-refractivity contribution in [1.82, 2.24) is 0 Å². The number of rotatable bonds is 10. The second-order valence-electron chi connectivity index (χ2n) is 30.7. The molecular formula is C98H78N2. The topological polar surface area (TPSA) is 6.48 Å². The molecule has 2 heteroatoms. The summed E-state index contributed by atoms with van der Waals surface area (Å²) in [6.07, 6.45) is 10.1. The average molecular weight is 1280 g/mol. The molecule has 0 saturated heterocycles. The summed E-state index contributed by atoms with van der Waals surface area (Å²) in [6, 6.07) is 110. The summed E-state index contributed by atoms with van der Waals surface area (Å²) in [4.78, 5) is 5.12. The molecule has 100 heavy (non-hydrogen) atoms. The summed E-state index contributed by atoms with van der Waals surface area (Å²) in [5, 5.41) is 4.77. The van der Waals surface area contributed by atoms with E-state index < -0.39 is 0 Å². The average Bonchev–Trinajstić information content (AvgIpc) is 1.20. The number of allylic oxidation sites excluding steroid dienone is 4. The van der Waals surface area contributed by atoms with Gasteiger partial charge in [-0.1, -0.05) is 286 Å². The van der Waals surface area contributed by atoms with Crippen molar-refractivity contribution >= 4 is 55.7 Å². The van der Waals surface area contributed by atoms with Crippen LogP contribution in [0.4, 0.5) is 34.1 Å². The molecule has 0 bridgehead atoms. The SMILES string of the molecule is CC1(C)c2ccccc2-c2ccc(N(c3ccc4c(c3)C(C)(C)c3ccccc3-4)c3ccc4c(-c5cccc(C6C=CC=CC6)c5)c5cc(N(c6ccc7c(c6)C(C)(C)c6ccccc6-7)c6ccc7c(c6)C(C)(C)c6ccccc6-7)ccc5c(-c5cccc(-c6ccccc6)c5)c4c3)cc21. The Bertz CT molecular complexity index is 5630. The summed E-state index contributed by atoms with van der Waals surface area (Å²) in [6.45, 7) is 19.2. The van der Waals surface area contributed by atoms with Gasteiger partial charge in [-0.15, -0.1) is 0 Å². The lowest BCUT2D eigenvalue weighted by atomic mass is 9.81. The molecule has 5 aliphatic carbocycles. The molecule has 0 heterocycles. The van der Waals surface area contributed by atoms with Crippen LogP contribution in [0.3, 0.4) is 0 Å². The fourth-order valence-corrected chi connectivity index (χ4v) is 18.6. The Kier molecular flexibility index (Phi) is 13.2. The van der Waals surface area contributed by atoms with Crippen LogP contribution in [-0.4, -0.2) is 0 Å². The van der Waals surface area contributed by atoms with Crippen LogP contribution in [0.25, 0.3) is 99.4 Å². The maximum absolute atomic E-state index is 2.56. The van der Waals surface area contributed by atoms with Crippen molar-refractivity contribution in [2.75, 3.05) is 9.80 Å². The van der Waals surface area contributed by atoms with E-state index in [0.717, 1.165) is 40.5 Å². The molecule has 0 fully saturated rings. The molecule has 0 N–H and O–H groups in total. The molecule has 1 atom stereocenters. The number of fused-ring (bicyclic) bond motifs is 14. The van der Waals surface area contributed by atoms with Crippen molar-refractivity contribution in [1.29, 1.82) is 0 Å². The second-order valence-corrected chi connectivity index (χ2v) is 30.7. The highest BCUT2D eigenvalue weighted by atomic mass is 15.1. The largest absolute Gasteiger partial charge is 0.310 e. The van der Waals surface area contributed by atoms with Crippen molar-refractivity contribution < 1.29 is 0 Å². The molecule has 0 aliphatic heterocycles.